The Hall–Kier alpha value is -1.89. The molecule has 3 rings (SSSR count). The maximum absolute atomic E-state index is 13.0. The number of sulfone groups is 1. The third kappa shape index (κ3) is 2.74. The molecule has 0 spiro atoms. The van der Waals surface area contributed by atoms with Crippen LogP contribution in [0.3, 0.4) is 0 Å². The van der Waals surface area contributed by atoms with Gasteiger partial charge in [0.1, 0.15) is 5.41 Å². The first-order valence-electron chi connectivity index (χ1n) is 7.65. The van der Waals surface area contributed by atoms with Gasteiger partial charge in [-0.25, -0.2) is 8.42 Å². The van der Waals surface area contributed by atoms with Crippen LogP contribution < -0.4 is 0 Å². The van der Waals surface area contributed by atoms with E-state index in [0.29, 0.717) is 10.6 Å². The van der Waals surface area contributed by atoms with Crippen LogP contribution >= 0.6 is 11.6 Å². The molecule has 7 heteroatoms. The van der Waals surface area contributed by atoms with Crippen molar-refractivity contribution in [2.24, 2.45) is 5.41 Å². The second kappa shape index (κ2) is 6.12. The topological polar surface area (TPSA) is 91.7 Å². The van der Waals surface area contributed by atoms with E-state index in [9.17, 15) is 23.4 Å². The van der Waals surface area contributed by atoms with E-state index in [0.717, 1.165) is 5.56 Å². The molecule has 0 saturated heterocycles. The lowest BCUT2D eigenvalue weighted by atomic mass is 10.0. The number of hydrogen-bond acceptors (Lipinski definition) is 4. The second-order valence-electron chi connectivity index (χ2n) is 6.31. The number of carbonyl (C=O) groups is 1. The van der Waals surface area contributed by atoms with E-state index in [1.54, 1.807) is 36.4 Å². The summed E-state index contributed by atoms with van der Waals surface area (Å²) in [5.74, 6) is -2.16. The Kier molecular flexibility index (Phi) is 4.39. The molecule has 3 atom stereocenters. The van der Waals surface area contributed by atoms with Gasteiger partial charge < -0.3 is 10.2 Å². The van der Waals surface area contributed by atoms with Crippen LogP contribution in [0.4, 0.5) is 0 Å². The van der Waals surface area contributed by atoms with Gasteiger partial charge in [-0.05, 0) is 36.8 Å². The maximum atomic E-state index is 13.0. The van der Waals surface area contributed by atoms with Crippen molar-refractivity contribution in [2.75, 3.05) is 6.61 Å². The molecule has 1 saturated carbocycles. The molecule has 0 amide bonds. The van der Waals surface area contributed by atoms with Crippen molar-refractivity contribution in [1.29, 1.82) is 0 Å². The molecule has 0 aromatic heterocycles. The average molecular weight is 381 g/mol. The van der Waals surface area contributed by atoms with Crippen LogP contribution in [0.2, 0.25) is 5.02 Å². The lowest BCUT2D eigenvalue weighted by molar-refractivity contribution is -0.145. The molecule has 0 aliphatic heterocycles. The summed E-state index contributed by atoms with van der Waals surface area (Å²) in [6, 6.07) is 12.6. The van der Waals surface area contributed by atoms with Crippen molar-refractivity contribution in [3.8, 4) is 0 Å². The number of carboxylic acids is 1. The normalized spacial score (nSPS) is 25.6. The highest BCUT2D eigenvalue weighted by Crippen LogP contribution is 2.64. The summed E-state index contributed by atoms with van der Waals surface area (Å²) < 4.78 is 26.1. The maximum Gasteiger partial charge on any atom is 0.314 e. The molecule has 1 fully saturated rings. The Labute approximate surface area is 150 Å². The van der Waals surface area contributed by atoms with Crippen LogP contribution in [0.25, 0.3) is 0 Å². The van der Waals surface area contributed by atoms with Crippen molar-refractivity contribution >= 4 is 27.4 Å². The highest BCUT2D eigenvalue weighted by atomic mass is 35.5. The summed E-state index contributed by atoms with van der Waals surface area (Å²) in [6.07, 6.45) is 0. The molecule has 0 unspecified atom stereocenters. The Bertz CT molecular complexity index is 905. The van der Waals surface area contributed by atoms with Gasteiger partial charge in [-0.1, -0.05) is 41.4 Å². The average Bonchev–Trinajstić information content (AvgIpc) is 3.27. The number of aliphatic hydroxyl groups is 1. The first-order valence-corrected chi connectivity index (χ1v) is 9.58. The SMILES string of the molecule is Cc1ccc(S(=O)(=O)[C@@H]2[C@H](c3ccc(Cl)cc3)[C@]2(CO)C(=O)O)cc1. The number of halogens is 1. The largest absolute Gasteiger partial charge is 0.481 e. The molecular formula is C18H17ClO5S. The molecule has 0 heterocycles. The van der Waals surface area contributed by atoms with E-state index in [2.05, 4.69) is 0 Å². The van der Waals surface area contributed by atoms with Crippen molar-refractivity contribution in [3.05, 3.63) is 64.7 Å². The van der Waals surface area contributed by atoms with Crippen LogP contribution in [0.15, 0.2) is 53.4 Å². The van der Waals surface area contributed by atoms with Gasteiger partial charge in [0.05, 0.1) is 16.8 Å². The van der Waals surface area contributed by atoms with Gasteiger partial charge in [-0.3, -0.25) is 4.79 Å². The van der Waals surface area contributed by atoms with Gasteiger partial charge in [-0.2, -0.15) is 0 Å². The summed E-state index contributed by atoms with van der Waals surface area (Å²) in [6.45, 7) is 1.07. The molecular weight excluding hydrogens is 364 g/mol. The fourth-order valence-corrected chi connectivity index (χ4v) is 5.88. The van der Waals surface area contributed by atoms with Gasteiger partial charge in [0.15, 0.2) is 9.84 Å². The van der Waals surface area contributed by atoms with E-state index >= 15 is 0 Å². The lowest BCUT2D eigenvalue weighted by Gasteiger charge is -2.09. The third-order valence-corrected chi connectivity index (χ3v) is 7.37. The van der Waals surface area contributed by atoms with Crippen LogP contribution in [0.5, 0.6) is 0 Å². The van der Waals surface area contributed by atoms with Crippen molar-refractivity contribution in [3.63, 3.8) is 0 Å². The molecule has 5 nitrogen and oxygen atoms in total. The minimum atomic E-state index is -3.93. The van der Waals surface area contributed by atoms with Gasteiger partial charge in [-0.15, -0.1) is 0 Å². The summed E-state index contributed by atoms with van der Waals surface area (Å²) in [5.41, 5.74) is -0.324. The molecule has 2 aromatic rings. The monoisotopic (exact) mass is 380 g/mol. The van der Waals surface area contributed by atoms with Gasteiger partial charge in [0.2, 0.25) is 0 Å². The molecule has 2 aromatic carbocycles. The van der Waals surface area contributed by atoms with Crippen molar-refractivity contribution in [2.45, 2.75) is 23.0 Å². The predicted octanol–water partition coefficient (Wildman–Crippen LogP) is 2.65. The van der Waals surface area contributed by atoms with Crippen LogP contribution in [0.1, 0.15) is 17.0 Å². The van der Waals surface area contributed by atoms with E-state index in [4.69, 9.17) is 11.6 Å². The Morgan fingerprint density at radius 2 is 1.68 bits per heavy atom. The van der Waals surface area contributed by atoms with E-state index in [1.807, 2.05) is 6.92 Å². The van der Waals surface area contributed by atoms with Crippen LogP contribution in [-0.4, -0.2) is 36.5 Å². The third-order valence-electron chi connectivity index (χ3n) is 4.83. The first kappa shape index (κ1) is 17.9. The van der Waals surface area contributed by atoms with E-state index in [-0.39, 0.29) is 4.90 Å². The molecule has 1 aliphatic rings. The summed E-state index contributed by atoms with van der Waals surface area (Å²) in [5, 5.41) is 18.7. The summed E-state index contributed by atoms with van der Waals surface area (Å²) >= 11 is 5.86. The lowest BCUT2D eigenvalue weighted by Crippen LogP contribution is -2.27. The molecule has 2 N–H and O–H groups in total. The molecule has 132 valence electrons. The number of aryl methyl sites for hydroxylation is 1. The van der Waals surface area contributed by atoms with Crippen LogP contribution in [-0.2, 0) is 14.6 Å². The highest BCUT2D eigenvalue weighted by Gasteiger charge is 2.75. The zero-order valence-corrected chi connectivity index (χ0v) is 15.0. The van der Waals surface area contributed by atoms with E-state index < -0.39 is 39.0 Å². The number of carboxylic acid groups (broad SMARTS) is 1. The zero-order chi connectivity index (χ0) is 18.4. The zero-order valence-electron chi connectivity index (χ0n) is 13.4. The minimum Gasteiger partial charge on any atom is -0.481 e. The summed E-state index contributed by atoms with van der Waals surface area (Å²) in [4.78, 5) is 11.9. The van der Waals surface area contributed by atoms with Gasteiger partial charge in [0.25, 0.3) is 0 Å². The number of aliphatic carboxylic acids is 1. The number of rotatable bonds is 5. The number of benzene rings is 2. The number of hydrogen-bond donors (Lipinski definition) is 2. The molecule has 1 aliphatic carbocycles. The molecule has 25 heavy (non-hydrogen) atoms. The Morgan fingerprint density at radius 3 is 2.16 bits per heavy atom. The Balaban J connectivity index is 2.10. The highest BCUT2D eigenvalue weighted by molar-refractivity contribution is 7.92. The van der Waals surface area contributed by atoms with Crippen molar-refractivity contribution in [1.82, 2.24) is 0 Å². The Morgan fingerprint density at radius 1 is 1.12 bits per heavy atom. The van der Waals surface area contributed by atoms with Gasteiger partial charge >= 0.3 is 5.97 Å². The molecule has 0 bridgehead atoms. The molecule has 0 radical (unpaired) electrons. The van der Waals surface area contributed by atoms with Crippen LogP contribution in [0, 0.1) is 12.3 Å². The first-order chi connectivity index (χ1) is 11.7. The van der Waals surface area contributed by atoms with Crippen molar-refractivity contribution < 1.29 is 23.4 Å². The summed E-state index contributed by atoms with van der Waals surface area (Å²) in [7, 11) is -3.93. The quantitative estimate of drug-likeness (QED) is 0.832. The number of aliphatic hydroxyl groups excluding tert-OH is 1. The van der Waals surface area contributed by atoms with Gasteiger partial charge in [0, 0.05) is 10.9 Å². The predicted molar refractivity (Wildman–Crippen MR) is 93.5 cm³/mol. The second-order valence-corrected chi connectivity index (χ2v) is 8.82. The fraction of sp³-hybridized carbons (Fsp3) is 0.278. The van der Waals surface area contributed by atoms with E-state index in [1.165, 1.54) is 12.1 Å². The standard InChI is InChI=1S/C18H17ClO5S/c1-11-2-8-14(9-3-11)25(23,24)16-15(18(16,10-20)17(21)22)12-4-6-13(19)7-5-12/h2-9,15-16,20H,10H2,1H3,(H,21,22)/t15-,16+,18-/m0/s1. The smallest absolute Gasteiger partial charge is 0.314 e. The minimum absolute atomic E-state index is 0.0543. The fourth-order valence-electron chi connectivity index (χ4n) is 3.39.